The SMILES string of the molecule is CSCC[C@@H](NC(=O)NC1CCN(C)C1=O)C(=O)O. The molecule has 0 radical (unpaired) electrons. The Hall–Kier alpha value is -1.44. The summed E-state index contributed by atoms with van der Waals surface area (Å²) in [5, 5.41) is 13.9. The van der Waals surface area contributed by atoms with Gasteiger partial charge in [-0.25, -0.2) is 9.59 Å². The molecule has 1 unspecified atom stereocenters. The summed E-state index contributed by atoms with van der Waals surface area (Å²) in [6, 6.07) is -2.09. The minimum Gasteiger partial charge on any atom is -0.480 e. The van der Waals surface area contributed by atoms with Crippen LogP contribution in [-0.2, 0) is 9.59 Å². The number of nitrogens with one attached hydrogen (secondary N) is 2. The molecule has 1 aliphatic rings. The Morgan fingerprint density at radius 2 is 2.26 bits per heavy atom. The van der Waals surface area contributed by atoms with Crippen LogP contribution in [0, 0.1) is 0 Å². The molecular weight excluding hydrogens is 270 g/mol. The quantitative estimate of drug-likeness (QED) is 0.625. The first-order valence-electron chi connectivity index (χ1n) is 5.99. The van der Waals surface area contributed by atoms with E-state index in [2.05, 4.69) is 10.6 Å². The lowest BCUT2D eigenvalue weighted by Crippen LogP contribution is -2.50. The number of nitrogens with zero attached hydrogens (tertiary/aromatic N) is 1. The third-order valence-electron chi connectivity index (χ3n) is 2.95. The molecule has 3 N–H and O–H groups in total. The van der Waals surface area contributed by atoms with Gasteiger partial charge in [0.25, 0.3) is 0 Å². The molecule has 0 saturated carbocycles. The van der Waals surface area contributed by atoms with Gasteiger partial charge < -0.3 is 20.6 Å². The van der Waals surface area contributed by atoms with Crippen molar-refractivity contribution in [3.63, 3.8) is 0 Å². The van der Waals surface area contributed by atoms with E-state index in [0.29, 0.717) is 25.1 Å². The van der Waals surface area contributed by atoms with Crippen LogP contribution in [0.5, 0.6) is 0 Å². The number of thioether (sulfide) groups is 1. The predicted octanol–water partition coefficient (Wildman–Crippen LogP) is -0.277. The topological polar surface area (TPSA) is 98.7 Å². The van der Waals surface area contributed by atoms with Crippen LogP contribution in [0.3, 0.4) is 0 Å². The number of carbonyl (C=O) groups excluding carboxylic acids is 2. The molecule has 7 nitrogen and oxygen atoms in total. The molecular formula is C11H19N3O4S. The van der Waals surface area contributed by atoms with Crippen LogP contribution in [0.25, 0.3) is 0 Å². The molecule has 0 aromatic rings. The molecule has 3 amide bonds. The standard InChI is InChI=1S/C11H19N3O4S/c1-14-5-3-7(9(14)15)12-11(18)13-8(10(16)17)4-6-19-2/h7-8H,3-6H2,1-2H3,(H,16,17)(H2,12,13,18)/t7?,8-/m1/s1. The summed E-state index contributed by atoms with van der Waals surface area (Å²) in [6.07, 6.45) is 2.76. The number of likely N-dealkylation sites (N-methyl/N-ethyl adjacent to an activating group) is 1. The maximum absolute atomic E-state index is 11.7. The molecule has 19 heavy (non-hydrogen) atoms. The van der Waals surface area contributed by atoms with Gasteiger partial charge in [-0.2, -0.15) is 11.8 Å². The van der Waals surface area contributed by atoms with Crippen LogP contribution in [0.15, 0.2) is 0 Å². The number of rotatable bonds is 6. The number of carboxylic acids is 1. The second-order valence-corrected chi connectivity index (χ2v) is 5.38. The van der Waals surface area contributed by atoms with Crippen molar-refractivity contribution in [2.75, 3.05) is 25.6 Å². The van der Waals surface area contributed by atoms with Gasteiger partial charge in [0.15, 0.2) is 0 Å². The van der Waals surface area contributed by atoms with Crippen LogP contribution < -0.4 is 10.6 Å². The number of carbonyl (C=O) groups is 3. The number of urea groups is 1. The average molecular weight is 289 g/mol. The molecule has 2 atom stereocenters. The highest BCUT2D eigenvalue weighted by Gasteiger charge is 2.31. The van der Waals surface area contributed by atoms with E-state index in [1.54, 1.807) is 7.05 Å². The van der Waals surface area contributed by atoms with Crippen molar-refractivity contribution < 1.29 is 19.5 Å². The molecule has 0 bridgehead atoms. The van der Waals surface area contributed by atoms with E-state index in [0.717, 1.165) is 0 Å². The predicted molar refractivity (Wildman–Crippen MR) is 72.1 cm³/mol. The lowest BCUT2D eigenvalue weighted by molar-refractivity contribution is -0.139. The molecule has 0 aromatic heterocycles. The number of carboxylic acid groups (broad SMARTS) is 1. The molecule has 1 saturated heterocycles. The third kappa shape index (κ3) is 4.62. The summed E-state index contributed by atoms with van der Waals surface area (Å²) >= 11 is 1.51. The highest BCUT2D eigenvalue weighted by atomic mass is 32.2. The Morgan fingerprint density at radius 1 is 1.58 bits per heavy atom. The van der Waals surface area contributed by atoms with Crippen LogP contribution in [-0.4, -0.2) is 65.6 Å². The van der Waals surface area contributed by atoms with Gasteiger partial charge in [-0.05, 0) is 24.9 Å². The number of likely N-dealkylation sites (tertiary alicyclic amines) is 1. The number of amides is 3. The first-order chi connectivity index (χ1) is 8.95. The molecule has 108 valence electrons. The van der Waals surface area contributed by atoms with E-state index < -0.39 is 24.1 Å². The zero-order chi connectivity index (χ0) is 14.4. The third-order valence-corrected chi connectivity index (χ3v) is 3.59. The average Bonchev–Trinajstić information content (AvgIpc) is 2.66. The molecule has 8 heteroatoms. The highest BCUT2D eigenvalue weighted by Crippen LogP contribution is 2.08. The molecule has 0 aliphatic carbocycles. The van der Waals surface area contributed by atoms with Crippen molar-refractivity contribution in [2.24, 2.45) is 0 Å². The molecule has 1 heterocycles. The Bertz CT molecular complexity index is 364. The number of hydrogen-bond acceptors (Lipinski definition) is 4. The van der Waals surface area contributed by atoms with Gasteiger partial charge in [-0.15, -0.1) is 0 Å². The van der Waals surface area contributed by atoms with Crippen LogP contribution >= 0.6 is 11.8 Å². The second kappa shape index (κ2) is 7.22. The van der Waals surface area contributed by atoms with E-state index >= 15 is 0 Å². The van der Waals surface area contributed by atoms with Gasteiger partial charge in [-0.1, -0.05) is 0 Å². The first kappa shape index (κ1) is 15.6. The summed E-state index contributed by atoms with van der Waals surface area (Å²) in [4.78, 5) is 35.8. The van der Waals surface area contributed by atoms with Crippen molar-refractivity contribution in [1.82, 2.24) is 15.5 Å². The first-order valence-corrected chi connectivity index (χ1v) is 7.38. The Balaban J connectivity index is 2.44. The molecule has 0 spiro atoms. The molecule has 1 rings (SSSR count). The van der Waals surface area contributed by atoms with Crippen molar-refractivity contribution in [3.05, 3.63) is 0 Å². The fraction of sp³-hybridized carbons (Fsp3) is 0.727. The number of aliphatic carboxylic acids is 1. The van der Waals surface area contributed by atoms with Crippen molar-refractivity contribution in [3.8, 4) is 0 Å². The fourth-order valence-corrected chi connectivity index (χ4v) is 2.28. The Kier molecular flexibility index (Phi) is 5.94. The molecule has 1 aliphatic heterocycles. The van der Waals surface area contributed by atoms with Crippen LogP contribution in [0.4, 0.5) is 4.79 Å². The molecule has 0 aromatic carbocycles. The summed E-state index contributed by atoms with van der Waals surface area (Å²) < 4.78 is 0. The van der Waals surface area contributed by atoms with Crippen molar-refractivity contribution in [1.29, 1.82) is 0 Å². The van der Waals surface area contributed by atoms with Crippen LogP contribution in [0.1, 0.15) is 12.8 Å². The monoisotopic (exact) mass is 289 g/mol. The normalized spacial score (nSPS) is 20.2. The van der Waals surface area contributed by atoms with Gasteiger partial charge in [0.2, 0.25) is 5.91 Å². The zero-order valence-corrected chi connectivity index (χ0v) is 11.8. The molecule has 1 fully saturated rings. The lowest BCUT2D eigenvalue weighted by atomic mass is 10.2. The van der Waals surface area contributed by atoms with E-state index in [4.69, 9.17) is 5.11 Å². The smallest absolute Gasteiger partial charge is 0.326 e. The Morgan fingerprint density at radius 3 is 2.74 bits per heavy atom. The summed E-state index contributed by atoms with van der Waals surface area (Å²) in [5.41, 5.74) is 0. The van der Waals surface area contributed by atoms with Crippen molar-refractivity contribution >= 4 is 29.7 Å². The van der Waals surface area contributed by atoms with Gasteiger partial charge in [0, 0.05) is 13.6 Å². The van der Waals surface area contributed by atoms with E-state index in [1.165, 1.54) is 16.7 Å². The maximum Gasteiger partial charge on any atom is 0.326 e. The largest absolute Gasteiger partial charge is 0.480 e. The van der Waals surface area contributed by atoms with E-state index in [1.807, 2.05) is 6.26 Å². The van der Waals surface area contributed by atoms with Gasteiger partial charge in [0.05, 0.1) is 0 Å². The van der Waals surface area contributed by atoms with Gasteiger partial charge >= 0.3 is 12.0 Å². The highest BCUT2D eigenvalue weighted by molar-refractivity contribution is 7.98. The number of hydrogen-bond donors (Lipinski definition) is 3. The van der Waals surface area contributed by atoms with Gasteiger partial charge in [-0.3, -0.25) is 4.79 Å². The maximum atomic E-state index is 11.7. The van der Waals surface area contributed by atoms with Crippen LogP contribution in [0.2, 0.25) is 0 Å². The van der Waals surface area contributed by atoms with E-state index in [9.17, 15) is 14.4 Å². The minimum atomic E-state index is -1.07. The summed E-state index contributed by atoms with van der Waals surface area (Å²) in [6.45, 7) is 0.596. The van der Waals surface area contributed by atoms with Crippen molar-refractivity contribution in [2.45, 2.75) is 24.9 Å². The lowest BCUT2D eigenvalue weighted by Gasteiger charge is -2.17. The zero-order valence-electron chi connectivity index (χ0n) is 11.0. The second-order valence-electron chi connectivity index (χ2n) is 4.39. The summed E-state index contributed by atoms with van der Waals surface area (Å²) in [7, 11) is 1.67. The summed E-state index contributed by atoms with van der Waals surface area (Å²) in [5.74, 6) is -0.576. The fourth-order valence-electron chi connectivity index (χ4n) is 1.81. The van der Waals surface area contributed by atoms with E-state index in [-0.39, 0.29) is 5.91 Å². The minimum absolute atomic E-state index is 0.147. The Labute approximate surface area is 116 Å². The van der Waals surface area contributed by atoms with Gasteiger partial charge in [0.1, 0.15) is 12.1 Å².